The quantitative estimate of drug-likeness (QED) is 0.798. The van der Waals surface area contributed by atoms with E-state index in [-0.39, 0.29) is 12.1 Å². The third kappa shape index (κ3) is 3.91. The Kier molecular flexibility index (Phi) is 5.50. The molecule has 1 aromatic heterocycles. The van der Waals surface area contributed by atoms with Gasteiger partial charge in [-0.1, -0.05) is 0 Å². The van der Waals surface area contributed by atoms with E-state index in [0.29, 0.717) is 23.9 Å². The number of carbonyl (C=O) groups is 1. The van der Waals surface area contributed by atoms with Gasteiger partial charge in [-0.15, -0.1) is 0 Å². The van der Waals surface area contributed by atoms with Crippen LogP contribution in [0, 0.1) is 18.6 Å². The summed E-state index contributed by atoms with van der Waals surface area (Å²) < 4.78 is 57.1. The average Bonchev–Trinajstić information content (AvgIpc) is 3.00. The number of benzene rings is 1. The van der Waals surface area contributed by atoms with Crippen molar-refractivity contribution in [3.63, 3.8) is 0 Å². The summed E-state index contributed by atoms with van der Waals surface area (Å²) in [5.74, 6) is -2.42. The van der Waals surface area contributed by atoms with E-state index in [0.717, 1.165) is 16.4 Å². The Labute approximate surface area is 161 Å². The molecule has 152 valence electrons. The van der Waals surface area contributed by atoms with Gasteiger partial charge in [0.2, 0.25) is 5.91 Å². The lowest BCUT2D eigenvalue weighted by Crippen LogP contribution is -2.56. The van der Waals surface area contributed by atoms with Crippen LogP contribution in [0.1, 0.15) is 30.6 Å². The van der Waals surface area contributed by atoms with Crippen molar-refractivity contribution in [2.45, 2.75) is 38.9 Å². The fourth-order valence-corrected chi connectivity index (χ4v) is 4.42. The Bertz CT molecular complexity index is 1010. The van der Waals surface area contributed by atoms with Crippen molar-refractivity contribution < 1.29 is 22.0 Å². The molecule has 0 aliphatic carbocycles. The first-order chi connectivity index (χ1) is 13.1. The van der Waals surface area contributed by atoms with E-state index >= 15 is 0 Å². The van der Waals surface area contributed by atoms with Crippen molar-refractivity contribution in [2.24, 2.45) is 0 Å². The third-order valence-corrected chi connectivity index (χ3v) is 6.34. The minimum atomic E-state index is -3.94. The predicted octanol–water partition coefficient (Wildman–Crippen LogP) is 1.71. The second-order valence-corrected chi connectivity index (χ2v) is 8.34. The number of hydrogen-bond acceptors (Lipinski definition) is 4. The van der Waals surface area contributed by atoms with Crippen LogP contribution in [0.3, 0.4) is 0 Å². The number of halogens is 2. The van der Waals surface area contributed by atoms with Gasteiger partial charge >= 0.3 is 0 Å². The summed E-state index contributed by atoms with van der Waals surface area (Å²) in [5, 5.41) is 6.65. The number of hydrogen-bond donors (Lipinski definition) is 2. The maximum Gasteiger partial charge on any atom is 0.280 e. The second-order valence-electron chi connectivity index (χ2n) is 6.58. The Hall–Kier alpha value is -2.37. The minimum absolute atomic E-state index is 0.126. The molecule has 28 heavy (non-hydrogen) atoms. The van der Waals surface area contributed by atoms with Crippen molar-refractivity contribution in [3.05, 3.63) is 47.3 Å². The van der Waals surface area contributed by atoms with Crippen LogP contribution in [0.5, 0.6) is 0 Å². The molecule has 8 nitrogen and oxygen atoms in total. The molecule has 11 heteroatoms. The first kappa shape index (κ1) is 20.4. The Morgan fingerprint density at radius 2 is 2.11 bits per heavy atom. The highest BCUT2D eigenvalue weighted by Gasteiger charge is 2.41. The fourth-order valence-electron chi connectivity index (χ4n) is 3.16. The number of anilines is 1. The molecule has 2 heterocycles. The first-order valence-electron chi connectivity index (χ1n) is 8.67. The van der Waals surface area contributed by atoms with Crippen LogP contribution in [0.4, 0.5) is 14.5 Å². The van der Waals surface area contributed by atoms with E-state index in [1.807, 2.05) is 6.92 Å². The summed E-state index contributed by atoms with van der Waals surface area (Å²) in [6.45, 7) is 4.29. The highest BCUT2D eigenvalue weighted by atomic mass is 32.2. The van der Waals surface area contributed by atoms with Gasteiger partial charge in [0.1, 0.15) is 17.7 Å². The van der Waals surface area contributed by atoms with Crippen LogP contribution in [0.25, 0.3) is 0 Å². The van der Waals surface area contributed by atoms with E-state index in [4.69, 9.17) is 0 Å². The Balaban J connectivity index is 1.88. The van der Waals surface area contributed by atoms with Crippen LogP contribution < -0.4 is 10.0 Å². The number of likely N-dealkylation sites (N-methyl/N-ethyl adjacent to an activating group) is 1. The molecular formula is C17H21F2N5O3S. The number of nitrogens with zero attached hydrogens (tertiary/aromatic N) is 3. The summed E-state index contributed by atoms with van der Waals surface area (Å²) in [4.78, 5) is 12.7. The molecular weight excluding hydrogens is 392 g/mol. The molecule has 2 aromatic rings. The molecule has 1 saturated heterocycles. The van der Waals surface area contributed by atoms with Gasteiger partial charge < -0.3 is 5.32 Å². The summed E-state index contributed by atoms with van der Waals surface area (Å²) >= 11 is 0. The molecule has 0 radical (unpaired) electrons. The monoisotopic (exact) mass is 413 g/mol. The average molecular weight is 413 g/mol. The largest absolute Gasteiger partial charge is 0.322 e. The number of aromatic nitrogens is 2. The summed E-state index contributed by atoms with van der Waals surface area (Å²) in [7, 11) is -2.67. The second kappa shape index (κ2) is 7.57. The number of amides is 1. The molecule has 1 fully saturated rings. The highest BCUT2D eigenvalue weighted by molar-refractivity contribution is 7.87. The highest BCUT2D eigenvalue weighted by Crippen LogP contribution is 2.30. The van der Waals surface area contributed by atoms with Gasteiger partial charge in [-0.25, -0.2) is 8.78 Å². The molecule has 3 rings (SSSR count). The zero-order chi connectivity index (χ0) is 20.6. The van der Waals surface area contributed by atoms with E-state index in [1.165, 1.54) is 7.05 Å². The third-order valence-electron chi connectivity index (χ3n) is 4.74. The van der Waals surface area contributed by atoms with Gasteiger partial charge in [-0.2, -0.15) is 22.5 Å². The van der Waals surface area contributed by atoms with Crippen LogP contribution in [-0.4, -0.2) is 41.5 Å². The van der Waals surface area contributed by atoms with Gasteiger partial charge in [0.05, 0.1) is 17.4 Å². The molecule has 2 atom stereocenters. The molecule has 1 aliphatic rings. The van der Waals surface area contributed by atoms with Gasteiger partial charge in [-0.05, 0) is 32.4 Å². The maximum atomic E-state index is 13.9. The molecule has 2 N–H and O–H groups in total. The Morgan fingerprint density at radius 3 is 2.71 bits per heavy atom. The standard InChI is InChI=1S/C17H21F2N5O3S/c1-4-24-9-12(10(2)21-24)15-8-16(23(3)28(26,27)22-15)17(25)20-14-6-5-11(18)7-13(14)19/h5-7,9,15-16,22H,4,8H2,1-3H3,(H,20,25)/t15-,16-/m1/s1. The van der Waals surface area contributed by atoms with Gasteiger partial charge in [0.25, 0.3) is 10.2 Å². The number of aryl methyl sites for hydroxylation is 2. The van der Waals surface area contributed by atoms with E-state index in [2.05, 4.69) is 15.1 Å². The number of rotatable bonds is 4. The summed E-state index contributed by atoms with van der Waals surface area (Å²) in [5.41, 5.74) is 1.11. The van der Waals surface area contributed by atoms with Crippen LogP contribution in [-0.2, 0) is 21.5 Å². The zero-order valence-corrected chi connectivity index (χ0v) is 16.4. The maximum absolute atomic E-state index is 13.9. The summed E-state index contributed by atoms with van der Waals surface area (Å²) in [6, 6.07) is 1.00. The lowest BCUT2D eigenvalue weighted by atomic mass is 10.00. The predicted molar refractivity (Wildman–Crippen MR) is 98.6 cm³/mol. The topological polar surface area (TPSA) is 96.3 Å². The lowest BCUT2D eigenvalue weighted by molar-refractivity contribution is -0.120. The van der Waals surface area contributed by atoms with Gasteiger partial charge in [-0.3, -0.25) is 9.48 Å². The zero-order valence-electron chi connectivity index (χ0n) is 15.6. The van der Waals surface area contributed by atoms with Crippen LogP contribution >= 0.6 is 0 Å². The summed E-state index contributed by atoms with van der Waals surface area (Å²) in [6.07, 6.45) is 1.86. The number of carbonyl (C=O) groups excluding carboxylic acids is 1. The van der Waals surface area contributed by atoms with Crippen molar-refractivity contribution in [1.29, 1.82) is 0 Å². The van der Waals surface area contributed by atoms with Crippen molar-refractivity contribution in [3.8, 4) is 0 Å². The van der Waals surface area contributed by atoms with Crippen molar-refractivity contribution >= 4 is 21.8 Å². The lowest BCUT2D eigenvalue weighted by Gasteiger charge is -2.36. The molecule has 0 saturated carbocycles. The van der Waals surface area contributed by atoms with E-state index in [9.17, 15) is 22.0 Å². The smallest absolute Gasteiger partial charge is 0.280 e. The normalized spacial score (nSPS) is 22.2. The molecule has 1 amide bonds. The van der Waals surface area contributed by atoms with E-state index < -0.39 is 39.8 Å². The van der Waals surface area contributed by atoms with Crippen molar-refractivity contribution in [1.82, 2.24) is 18.8 Å². The van der Waals surface area contributed by atoms with Gasteiger partial charge in [0.15, 0.2) is 0 Å². The molecule has 0 spiro atoms. The first-order valence-corrected chi connectivity index (χ1v) is 10.1. The Morgan fingerprint density at radius 1 is 1.39 bits per heavy atom. The molecule has 1 aromatic carbocycles. The van der Waals surface area contributed by atoms with E-state index in [1.54, 1.807) is 17.8 Å². The SMILES string of the molecule is CCn1cc([C@H]2C[C@H](C(=O)Nc3ccc(F)cc3F)N(C)S(=O)(=O)N2)c(C)n1. The molecule has 1 aliphatic heterocycles. The van der Waals surface area contributed by atoms with Crippen LogP contribution in [0.15, 0.2) is 24.4 Å². The number of nitrogens with one attached hydrogen (secondary N) is 2. The minimum Gasteiger partial charge on any atom is -0.322 e. The van der Waals surface area contributed by atoms with Crippen molar-refractivity contribution in [2.75, 3.05) is 12.4 Å². The fraction of sp³-hybridized carbons (Fsp3) is 0.412. The molecule has 0 bridgehead atoms. The van der Waals surface area contributed by atoms with Crippen LogP contribution in [0.2, 0.25) is 0 Å². The van der Waals surface area contributed by atoms with Gasteiger partial charge in [0, 0.05) is 31.4 Å². The molecule has 0 unspecified atom stereocenters.